The van der Waals surface area contributed by atoms with Crippen molar-refractivity contribution in [2.45, 2.75) is 36.7 Å². The fourth-order valence-electron chi connectivity index (χ4n) is 3.98. The molecule has 0 bridgehead atoms. The Hall–Kier alpha value is -3.39. The number of halogens is 3. The summed E-state index contributed by atoms with van der Waals surface area (Å²) >= 11 is 0. The van der Waals surface area contributed by atoms with Crippen molar-refractivity contribution in [2.75, 3.05) is 25.5 Å². The molecule has 1 aliphatic heterocycles. The van der Waals surface area contributed by atoms with E-state index in [1.54, 1.807) is 0 Å². The SMILES string of the molecule is CNC(=O)C(=O)N1CC[C@@H](NS(=O)(=O)c2cn(CC3CC3)c(C(=O)Nc3ccc(F)c(F)c3)c2F)C1. The zero-order valence-electron chi connectivity index (χ0n) is 19.2. The zero-order chi connectivity index (χ0) is 26.2. The number of carbonyl (C=O) groups excluding carboxylic acids is 3. The van der Waals surface area contributed by atoms with Crippen LogP contribution < -0.4 is 15.4 Å². The van der Waals surface area contributed by atoms with Crippen LogP contribution >= 0.6 is 0 Å². The standard InChI is InChI=1S/C22H24F3N5O5S/c1-26-21(32)22(33)29-7-6-14(10-29)28-36(34,35)17-11-30(9-12-2-3-12)19(18(17)25)20(31)27-13-4-5-15(23)16(24)8-13/h4-5,8,11-12,14,28H,2-3,6-7,9-10H2,1H3,(H,26,32)(H,27,31)/t14-/m1/s1. The van der Waals surface area contributed by atoms with E-state index in [2.05, 4.69) is 15.4 Å². The Morgan fingerprint density at radius 3 is 2.44 bits per heavy atom. The Morgan fingerprint density at radius 1 is 1.08 bits per heavy atom. The quantitative estimate of drug-likeness (QED) is 0.466. The van der Waals surface area contributed by atoms with Gasteiger partial charge >= 0.3 is 11.8 Å². The van der Waals surface area contributed by atoms with Crippen LogP contribution in [0.5, 0.6) is 0 Å². The van der Waals surface area contributed by atoms with Crippen LogP contribution in [0.4, 0.5) is 18.9 Å². The fraction of sp³-hybridized carbons (Fsp3) is 0.409. The lowest BCUT2D eigenvalue weighted by Crippen LogP contribution is -2.43. The van der Waals surface area contributed by atoms with Gasteiger partial charge < -0.3 is 20.1 Å². The molecular formula is C22H24F3N5O5S. The van der Waals surface area contributed by atoms with Crippen molar-refractivity contribution in [1.82, 2.24) is 19.5 Å². The average molecular weight is 528 g/mol. The number of aromatic nitrogens is 1. The van der Waals surface area contributed by atoms with Gasteiger partial charge in [-0.15, -0.1) is 0 Å². The molecule has 1 aromatic heterocycles. The third-order valence-corrected chi connectivity index (χ3v) is 7.54. The number of nitrogens with one attached hydrogen (secondary N) is 3. The van der Waals surface area contributed by atoms with Gasteiger partial charge in [0.15, 0.2) is 17.5 Å². The minimum Gasteiger partial charge on any atom is -0.351 e. The number of benzene rings is 1. The van der Waals surface area contributed by atoms with Crippen LogP contribution in [0.1, 0.15) is 29.8 Å². The third-order valence-electron chi connectivity index (χ3n) is 6.04. The van der Waals surface area contributed by atoms with Gasteiger partial charge in [0.1, 0.15) is 10.6 Å². The molecule has 14 heteroatoms. The second-order valence-electron chi connectivity index (χ2n) is 8.77. The zero-order valence-corrected chi connectivity index (χ0v) is 20.0. The number of likely N-dealkylation sites (N-methyl/N-ethyl adjacent to an activating group) is 1. The van der Waals surface area contributed by atoms with Crippen LogP contribution in [0.25, 0.3) is 0 Å². The number of hydrogen-bond acceptors (Lipinski definition) is 5. The molecule has 10 nitrogen and oxygen atoms in total. The summed E-state index contributed by atoms with van der Waals surface area (Å²) in [6.45, 7) is 0.247. The minimum absolute atomic E-state index is 0.0840. The van der Waals surface area contributed by atoms with E-state index in [9.17, 15) is 31.6 Å². The van der Waals surface area contributed by atoms with E-state index in [0.29, 0.717) is 0 Å². The van der Waals surface area contributed by atoms with Crippen molar-refractivity contribution in [3.05, 3.63) is 47.5 Å². The molecule has 36 heavy (non-hydrogen) atoms. The summed E-state index contributed by atoms with van der Waals surface area (Å²) in [6.07, 6.45) is 2.90. The smallest absolute Gasteiger partial charge is 0.311 e. The Labute approximate surface area is 204 Å². The van der Waals surface area contributed by atoms with Gasteiger partial charge in [-0.25, -0.2) is 26.3 Å². The van der Waals surface area contributed by atoms with Crippen molar-refractivity contribution >= 4 is 33.4 Å². The number of carbonyl (C=O) groups is 3. The predicted octanol–water partition coefficient (Wildman–Crippen LogP) is 1.19. The normalized spacial score (nSPS) is 17.8. The van der Waals surface area contributed by atoms with Crippen LogP contribution in [0.2, 0.25) is 0 Å². The first-order valence-electron chi connectivity index (χ1n) is 11.2. The number of likely N-dealkylation sites (tertiary alicyclic amines) is 1. The van der Waals surface area contributed by atoms with Crippen LogP contribution in [0, 0.1) is 23.4 Å². The summed E-state index contributed by atoms with van der Waals surface area (Å²) in [4.78, 5) is 36.9. The summed E-state index contributed by atoms with van der Waals surface area (Å²) in [5.41, 5.74) is -0.693. The molecule has 2 aromatic rings. The molecule has 1 aromatic carbocycles. The molecule has 3 amide bonds. The van der Waals surface area contributed by atoms with E-state index in [4.69, 9.17) is 0 Å². The van der Waals surface area contributed by atoms with Gasteiger partial charge in [-0.05, 0) is 37.3 Å². The van der Waals surface area contributed by atoms with Crippen molar-refractivity contribution in [1.29, 1.82) is 0 Å². The maximum atomic E-state index is 15.4. The Bertz CT molecular complexity index is 1330. The number of anilines is 1. The highest BCUT2D eigenvalue weighted by molar-refractivity contribution is 7.89. The molecule has 2 aliphatic rings. The van der Waals surface area contributed by atoms with Gasteiger partial charge in [-0.1, -0.05) is 0 Å². The van der Waals surface area contributed by atoms with Gasteiger partial charge in [0, 0.05) is 50.7 Å². The van der Waals surface area contributed by atoms with Crippen LogP contribution in [0.15, 0.2) is 29.3 Å². The summed E-state index contributed by atoms with van der Waals surface area (Å²) in [6, 6.07) is 1.84. The average Bonchev–Trinajstić information content (AvgIpc) is 3.41. The first kappa shape index (κ1) is 25.7. The summed E-state index contributed by atoms with van der Waals surface area (Å²) < 4.78 is 71.8. The second kappa shape index (κ2) is 9.93. The predicted molar refractivity (Wildman–Crippen MR) is 121 cm³/mol. The van der Waals surface area contributed by atoms with E-state index in [1.807, 2.05) is 0 Å². The van der Waals surface area contributed by atoms with E-state index >= 15 is 4.39 Å². The molecule has 3 N–H and O–H groups in total. The molecule has 4 rings (SSSR count). The van der Waals surface area contributed by atoms with E-state index in [1.165, 1.54) is 16.5 Å². The summed E-state index contributed by atoms with van der Waals surface area (Å²) in [5, 5.41) is 4.47. The number of nitrogens with zero attached hydrogens (tertiary/aromatic N) is 2. The molecule has 1 saturated heterocycles. The maximum absolute atomic E-state index is 15.4. The number of amides is 3. The Balaban J connectivity index is 1.56. The molecule has 0 radical (unpaired) electrons. The molecule has 0 spiro atoms. The third kappa shape index (κ3) is 5.38. The van der Waals surface area contributed by atoms with Gasteiger partial charge in [0.05, 0.1) is 0 Å². The van der Waals surface area contributed by atoms with Gasteiger partial charge in [-0.3, -0.25) is 14.4 Å². The van der Waals surface area contributed by atoms with Crippen LogP contribution in [0.3, 0.4) is 0 Å². The Morgan fingerprint density at radius 2 is 1.81 bits per heavy atom. The van der Waals surface area contributed by atoms with Gasteiger partial charge in [0.25, 0.3) is 5.91 Å². The van der Waals surface area contributed by atoms with Crippen LogP contribution in [-0.4, -0.2) is 61.8 Å². The summed E-state index contributed by atoms with van der Waals surface area (Å²) in [7, 11) is -3.16. The van der Waals surface area contributed by atoms with Crippen molar-refractivity contribution in [2.24, 2.45) is 5.92 Å². The number of hydrogen-bond donors (Lipinski definition) is 3. The van der Waals surface area contributed by atoms with Crippen molar-refractivity contribution in [3.63, 3.8) is 0 Å². The first-order chi connectivity index (χ1) is 17.0. The highest BCUT2D eigenvalue weighted by atomic mass is 32.2. The Kier molecular flexibility index (Phi) is 7.09. The molecule has 1 aliphatic carbocycles. The molecular weight excluding hydrogens is 503 g/mol. The van der Waals surface area contributed by atoms with E-state index in [-0.39, 0.29) is 37.7 Å². The molecule has 2 heterocycles. The number of sulfonamides is 1. The lowest BCUT2D eigenvalue weighted by atomic mass is 10.2. The lowest BCUT2D eigenvalue weighted by Gasteiger charge is -2.16. The van der Waals surface area contributed by atoms with Crippen molar-refractivity contribution < 1.29 is 36.0 Å². The van der Waals surface area contributed by atoms with E-state index < -0.39 is 61.8 Å². The fourth-order valence-corrected chi connectivity index (χ4v) is 5.34. The topological polar surface area (TPSA) is 130 Å². The maximum Gasteiger partial charge on any atom is 0.311 e. The number of rotatable bonds is 7. The highest BCUT2D eigenvalue weighted by Gasteiger charge is 2.36. The molecule has 194 valence electrons. The van der Waals surface area contributed by atoms with Crippen molar-refractivity contribution in [3.8, 4) is 0 Å². The summed E-state index contributed by atoms with van der Waals surface area (Å²) in [5.74, 6) is -6.15. The second-order valence-corrected chi connectivity index (χ2v) is 10.5. The van der Waals surface area contributed by atoms with Crippen LogP contribution in [-0.2, 0) is 26.2 Å². The van der Waals surface area contributed by atoms with Gasteiger partial charge in [0.2, 0.25) is 10.0 Å². The molecule has 0 unspecified atom stereocenters. The minimum atomic E-state index is -4.46. The lowest BCUT2D eigenvalue weighted by molar-refractivity contribution is -0.144. The molecule has 2 fully saturated rings. The van der Waals surface area contributed by atoms with Gasteiger partial charge in [-0.2, -0.15) is 0 Å². The molecule has 1 saturated carbocycles. The van der Waals surface area contributed by atoms with E-state index in [0.717, 1.165) is 37.2 Å². The largest absolute Gasteiger partial charge is 0.351 e. The molecule has 1 atom stereocenters. The first-order valence-corrected chi connectivity index (χ1v) is 12.7. The highest BCUT2D eigenvalue weighted by Crippen LogP contribution is 2.33. The monoisotopic (exact) mass is 527 g/mol.